The van der Waals surface area contributed by atoms with E-state index in [9.17, 15) is 27.9 Å². The number of hydrogen-bond acceptors (Lipinski definition) is 4. The lowest BCUT2D eigenvalue weighted by molar-refractivity contribution is -0.346. The molecule has 0 spiro atoms. The van der Waals surface area contributed by atoms with Crippen LogP contribution in [0.25, 0.3) is 0 Å². The summed E-state index contributed by atoms with van der Waals surface area (Å²) in [6.45, 7) is -1.08. The highest BCUT2D eigenvalue weighted by Gasteiger charge is 2.58. The second-order valence-electron chi connectivity index (χ2n) is 5.43. The van der Waals surface area contributed by atoms with Crippen LogP contribution < -0.4 is 5.11 Å². The molecule has 23 heavy (non-hydrogen) atoms. The highest BCUT2D eigenvalue weighted by Crippen LogP contribution is 2.44. The lowest BCUT2D eigenvalue weighted by atomic mass is 9.79. The van der Waals surface area contributed by atoms with Gasteiger partial charge in [0.15, 0.2) is 0 Å². The van der Waals surface area contributed by atoms with Gasteiger partial charge < -0.3 is 19.5 Å². The molecule has 0 N–H and O–H groups in total. The van der Waals surface area contributed by atoms with Gasteiger partial charge in [-0.2, -0.15) is 13.2 Å². The zero-order valence-corrected chi connectivity index (χ0v) is 12.1. The number of nitrogens with zero attached hydrogens (tertiary/aromatic N) is 1. The molecule has 1 fully saturated rings. The molecule has 0 aromatic heterocycles. The van der Waals surface area contributed by atoms with Gasteiger partial charge in [0, 0.05) is 13.1 Å². The number of rotatable bonds is 3. The Kier molecular flexibility index (Phi) is 4.82. The largest absolute Gasteiger partial charge is 0.549 e. The molecule has 1 aliphatic heterocycles. The number of amides is 1. The smallest absolute Gasteiger partial charge is 0.410 e. The number of halogens is 3. The average Bonchev–Trinajstić information content (AvgIpc) is 2.52. The summed E-state index contributed by atoms with van der Waals surface area (Å²) in [5.41, 5.74) is -2.36. The number of carboxylic acids is 1. The number of benzene rings is 1. The van der Waals surface area contributed by atoms with Crippen LogP contribution in [0.5, 0.6) is 0 Å². The molecule has 1 aromatic rings. The molecule has 5 nitrogen and oxygen atoms in total. The quantitative estimate of drug-likeness (QED) is 0.846. The highest BCUT2D eigenvalue weighted by atomic mass is 19.4. The number of hydrogen-bond donors (Lipinski definition) is 0. The van der Waals surface area contributed by atoms with Crippen LogP contribution in [0.15, 0.2) is 30.3 Å². The Labute approximate surface area is 130 Å². The summed E-state index contributed by atoms with van der Waals surface area (Å²) in [5.74, 6) is -2.22. The molecular weight excluding hydrogens is 315 g/mol. The minimum Gasteiger partial charge on any atom is -0.549 e. The number of carbonyl (C=O) groups excluding carboxylic acids is 2. The standard InChI is InChI=1S/C15H16F3NO4/c16-15(17,18)14(12(20)21)7-4-8-19(10-14)13(22)23-9-11-5-2-1-3-6-11/h1-3,5-6H,4,7-10H2,(H,20,21)/p-1. The minimum absolute atomic E-state index is 0.0126. The van der Waals surface area contributed by atoms with Crippen molar-refractivity contribution >= 4 is 12.1 Å². The SMILES string of the molecule is O=C(OCc1ccccc1)N1CCCC(C(=O)[O-])(C(F)(F)F)C1. The molecule has 0 bridgehead atoms. The van der Waals surface area contributed by atoms with E-state index < -0.39 is 36.6 Å². The van der Waals surface area contributed by atoms with Crippen molar-refractivity contribution in [3.05, 3.63) is 35.9 Å². The predicted molar refractivity (Wildman–Crippen MR) is 70.9 cm³/mol. The Morgan fingerprint density at radius 1 is 1.26 bits per heavy atom. The second kappa shape index (κ2) is 6.47. The molecule has 1 unspecified atom stereocenters. The highest BCUT2D eigenvalue weighted by molar-refractivity contribution is 5.76. The van der Waals surface area contributed by atoms with Crippen LogP contribution in [0.1, 0.15) is 18.4 Å². The molecule has 2 rings (SSSR count). The van der Waals surface area contributed by atoms with Crippen molar-refractivity contribution in [1.29, 1.82) is 0 Å². The number of ether oxygens (including phenoxy) is 1. The molecule has 0 radical (unpaired) electrons. The summed E-state index contributed by atoms with van der Waals surface area (Å²) >= 11 is 0. The van der Waals surface area contributed by atoms with E-state index in [4.69, 9.17) is 4.74 Å². The van der Waals surface area contributed by atoms with E-state index in [1.165, 1.54) is 0 Å². The van der Waals surface area contributed by atoms with Crippen molar-refractivity contribution in [3.63, 3.8) is 0 Å². The first-order valence-corrected chi connectivity index (χ1v) is 7.00. The van der Waals surface area contributed by atoms with E-state index in [1.54, 1.807) is 30.3 Å². The average molecular weight is 330 g/mol. The molecule has 1 heterocycles. The summed E-state index contributed by atoms with van der Waals surface area (Å²) in [6, 6.07) is 8.63. The summed E-state index contributed by atoms with van der Waals surface area (Å²) in [4.78, 5) is 23.8. The molecule has 1 amide bonds. The van der Waals surface area contributed by atoms with Gasteiger partial charge in [-0.1, -0.05) is 30.3 Å². The van der Waals surface area contributed by atoms with Crippen molar-refractivity contribution in [2.24, 2.45) is 5.41 Å². The third-order valence-electron chi connectivity index (χ3n) is 3.89. The molecule has 1 saturated heterocycles. The van der Waals surface area contributed by atoms with E-state index in [0.29, 0.717) is 5.56 Å². The van der Waals surface area contributed by atoms with Gasteiger partial charge in [0.25, 0.3) is 0 Å². The number of likely N-dealkylation sites (tertiary alicyclic amines) is 1. The van der Waals surface area contributed by atoms with Crippen molar-refractivity contribution in [2.75, 3.05) is 13.1 Å². The molecule has 0 saturated carbocycles. The van der Waals surface area contributed by atoms with Gasteiger partial charge in [0.1, 0.15) is 12.0 Å². The van der Waals surface area contributed by atoms with Crippen molar-refractivity contribution in [1.82, 2.24) is 4.90 Å². The van der Waals surface area contributed by atoms with Gasteiger partial charge >= 0.3 is 12.3 Å². The molecule has 1 aliphatic rings. The fourth-order valence-corrected chi connectivity index (χ4v) is 2.54. The first kappa shape index (κ1) is 17.1. The maximum atomic E-state index is 13.1. The van der Waals surface area contributed by atoms with Crippen LogP contribution in [0, 0.1) is 5.41 Å². The normalized spacial score (nSPS) is 21.8. The lowest BCUT2D eigenvalue weighted by Crippen LogP contribution is -2.61. The summed E-state index contributed by atoms with van der Waals surface area (Å²) < 4.78 is 44.4. The molecule has 1 atom stereocenters. The maximum absolute atomic E-state index is 13.1. The lowest BCUT2D eigenvalue weighted by Gasteiger charge is -2.43. The Morgan fingerprint density at radius 3 is 2.48 bits per heavy atom. The molecule has 8 heteroatoms. The number of piperidine rings is 1. The van der Waals surface area contributed by atoms with E-state index in [2.05, 4.69) is 0 Å². The van der Waals surface area contributed by atoms with E-state index in [-0.39, 0.29) is 19.6 Å². The number of aliphatic carboxylic acids is 1. The Morgan fingerprint density at radius 2 is 1.91 bits per heavy atom. The molecular formula is C15H15F3NO4-. The van der Waals surface area contributed by atoms with Crippen molar-refractivity contribution in [2.45, 2.75) is 25.6 Å². The summed E-state index contributed by atoms with van der Waals surface area (Å²) in [5, 5.41) is 11.1. The minimum atomic E-state index is -5.00. The first-order valence-electron chi connectivity index (χ1n) is 7.00. The van der Waals surface area contributed by atoms with Gasteiger partial charge in [-0.05, 0) is 18.4 Å². The monoisotopic (exact) mass is 330 g/mol. The Bertz CT molecular complexity index is 576. The van der Waals surface area contributed by atoms with Crippen molar-refractivity contribution in [3.8, 4) is 0 Å². The van der Waals surface area contributed by atoms with Gasteiger partial charge in [0.2, 0.25) is 0 Å². The van der Waals surface area contributed by atoms with Crippen LogP contribution in [-0.4, -0.2) is 36.2 Å². The first-order chi connectivity index (χ1) is 10.8. The van der Waals surface area contributed by atoms with E-state index in [0.717, 1.165) is 4.90 Å². The maximum Gasteiger partial charge on any atom is 0.410 e. The summed E-state index contributed by atoms with van der Waals surface area (Å²) in [7, 11) is 0. The molecule has 0 aliphatic carbocycles. The zero-order valence-electron chi connectivity index (χ0n) is 12.1. The zero-order chi connectivity index (χ0) is 17.1. The number of carbonyl (C=O) groups is 2. The van der Waals surface area contributed by atoms with E-state index in [1.807, 2.05) is 0 Å². The van der Waals surface area contributed by atoms with Gasteiger partial charge in [-0.15, -0.1) is 0 Å². The van der Waals surface area contributed by atoms with Gasteiger partial charge in [-0.25, -0.2) is 4.79 Å². The van der Waals surface area contributed by atoms with E-state index >= 15 is 0 Å². The summed E-state index contributed by atoms with van der Waals surface area (Å²) in [6.07, 6.45) is -6.66. The van der Waals surface area contributed by atoms with Gasteiger partial charge in [-0.3, -0.25) is 0 Å². The Balaban J connectivity index is 2.05. The third-order valence-corrected chi connectivity index (χ3v) is 3.89. The third kappa shape index (κ3) is 3.57. The van der Waals surface area contributed by atoms with Crippen LogP contribution >= 0.6 is 0 Å². The van der Waals surface area contributed by atoms with Crippen LogP contribution in [0.3, 0.4) is 0 Å². The molecule has 126 valence electrons. The molecule has 1 aromatic carbocycles. The van der Waals surface area contributed by atoms with Gasteiger partial charge in [0.05, 0.1) is 5.97 Å². The van der Waals surface area contributed by atoms with Crippen LogP contribution in [0.2, 0.25) is 0 Å². The fourth-order valence-electron chi connectivity index (χ4n) is 2.54. The number of alkyl halides is 3. The Hall–Kier alpha value is -2.25. The fraction of sp³-hybridized carbons (Fsp3) is 0.467. The van der Waals surface area contributed by atoms with Crippen LogP contribution in [0.4, 0.5) is 18.0 Å². The van der Waals surface area contributed by atoms with Crippen molar-refractivity contribution < 1.29 is 32.6 Å². The van der Waals surface area contributed by atoms with Crippen LogP contribution in [-0.2, 0) is 16.1 Å². The topological polar surface area (TPSA) is 69.7 Å². The number of carboxylic acid groups (broad SMARTS) is 1. The second-order valence-corrected chi connectivity index (χ2v) is 5.43. The predicted octanol–water partition coefficient (Wildman–Crippen LogP) is 1.72.